The van der Waals surface area contributed by atoms with Crippen molar-refractivity contribution in [2.45, 2.75) is 38.5 Å². The minimum atomic E-state index is -0.412. The summed E-state index contributed by atoms with van der Waals surface area (Å²) in [7, 11) is 0. The predicted octanol–water partition coefficient (Wildman–Crippen LogP) is 1.93. The molecule has 0 bridgehead atoms. The maximum Gasteiger partial charge on any atom is 0.344 e. The molecular weight excluding hydrogens is 298 g/mol. The largest absolute Gasteiger partial charge is 0.482 e. The van der Waals surface area contributed by atoms with Crippen LogP contribution in [-0.4, -0.2) is 31.0 Å². The van der Waals surface area contributed by atoms with Crippen LogP contribution in [-0.2, 0) is 19.1 Å². The molecule has 0 aliphatic carbocycles. The first kappa shape index (κ1) is 17.0. The number of amides is 2. The highest BCUT2D eigenvalue weighted by molar-refractivity contribution is 6.00. The molecule has 124 valence electrons. The standard InChI is InChI=1S/C17H21NO5/c1-2-3-9-22-16(20)11-23-13-6-4-5-12(10-13)14-7-8-15(19)18-17(14)21/h4-6,10,14H,2-3,7-9,11H2,1H3,(H,18,19,21). The number of hydrogen-bond acceptors (Lipinski definition) is 5. The third-order valence-corrected chi connectivity index (χ3v) is 3.62. The highest BCUT2D eigenvalue weighted by Crippen LogP contribution is 2.27. The predicted molar refractivity (Wildman–Crippen MR) is 82.9 cm³/mol. The van der Waals surface area contributed by atoms with E-state index in [0.29, 0.717) is 25.2 Å². The Balaban J connectivity index is 1.91. The zero-order valence-corrected chi connectivity index (χ0v) is 13.2. The first-order chi connectivity index (χ1) is 11.1. The minimum Gasteiger partial charge on any atom is -0.482 e. The van der Waals surface area contributed by atoms with Crippen molar-refractivity contribution in [2.75, 3.05) is 13.2 Å². The topological polar surface area (TPSA) is 81.7 Å². The maximum atomic E-state index is 11.9. The Morgan fingerprint density at radius 3 is 2.91 bits per heavy atom. The Morgan fingerprint density at radius 2 is 2.17 bits per heavy atom. The number of piperidine rings is 1. The van der Waals surface area contributed by atoms with Crippen molar-refractivity contribution < 1.29 is 23.9 Å². The molecular formula is C17H21NO5. The molecule has 6 heteroatoms. The lowest BCUT2D eigenvalue weighted by Crippen LogP contribution is -2.39. The van der Waals surface area contributed by atoms with Crippen LogP contribution < -0.4 is 10.1 Å². The van der Waals surface area contributed by atoms with Crippen LogP contribution in [0.2, 0.25) is 0 Å². The van der Waals surface area contributed by atoms with Gasteiger partial charge in [0.05, 0.1) is 12.5 Å². The van der Waals surface area contributed by atoms with Crippen LogP contribution >= 0.6 is 0 Å². The number of carbonyl (C=O) groups is 3. The van der Waals surface area contributed by atoms with E-state index in [1.54, 1.807) is 18.2 Å². The van der Waals surface area contributed by atoms with Crippen LogP contribution in [0.1, 0.15) is 44.1 Å². The summed E-state index contributed by atoms with van der Waals surface area (Å²) < 4.78 is 10.4. The Kier molecular flexibility index (Phi) is 6.14. The molecule has 2 amide bonds. The third-order valence-electron chi connectivity index (χ3n) is 3.62. The molecule has 1 N–H and O–H groups in total. The molecule has 0 radical (unpaired) electrons. The molecule has 1 fully saturated rings. The van der Waals surface area contributed by atoms with Crippen LogP contribution in [0.4, 0.5) is 0 Å². The summed E-state index contributed by atoms with van der Waals surface area (Å²) in [5, 5.41) is 2.33. The lowest BCUT2D eigenvalue weighted by atomic mass is 9.90. The molecule has 6 nitrogen and oxygen atoms in total. The molecule has 0 aromatic heterocycles. The van der Waals surface area contributed by atoms with Crippen molar-refractivity contribution in [1.82, 2.24) is 5.32 Å². The summed E-state index contributed by atoms with van der Waals surface area (Å²) in [4.78, 5) is 34.6. The van der Waals surface area contributed by atoms with E-state index in [1.165, 1.54) is 0 Å². The van der Waals surface area contributed by atoms with E-state index in [4.69, 9.17) is 9.47 Å². The zero-order chi connectivity index (χ0) is 16.7. The smallest absolute Gasteiger partial charge is 0.344 e. The number of esters is 1. The molecule has 0 spiro atoms. The second-order valence-corrected chi connectivity index (χ2v) is 5.44. The van der Waals surface area contributed by atoms with Crippen molar-refractivity contribution in [1.29, 1.82) is 0 Å². The molecule has 1 heterocycles. The van der Waals surface area contributed by atoms with E-state index in [1.807, 2.05) is 13.0 Å². The first-order valence-electron chi connectivity index (χ1n) is 7.82. The molecule has 1 aromatic carbocycles. The van der Waals surface area contributed by atoms with Crippen molar-refractivity contribution in [3.05, 3.63) is 29.8 Å². The van der Waals surface area contributed by atoms with Gasteiger partial charge in [-0.05, 0) is 30.5 Å². The van der Waals surface area contributed by atoms with Crippen LogP contribution in [0.3, 0.4) is 0 Å². The van der Waals surface area contributed by atoms with E-state index in [2.05, 4.69) is 5.32 Å². The number of benzene rings is 1. The number of rotatable bonds is 7. The molecule has 1 aliphatic heterocycles. The first-order valence-corrected chi connectivity index (χ1v) is 7.82. The Bertz CT molecular complexity index is 584. The van der Waals surface area contributed by atoms with Gasteiger partial charge in [-0.3, -0.25) is 14.9 Å². The summed E-state index contributed by atoms with van der Waals surface area (Å²) in [6.45, 7) is 2.25. The molecule has 1 saturated heterocycles. The van der Waals surface area contributed by atoms with Gasteiger partial charge in [-0.1, -0.05) is 25.5 Å². The van der Waals surface area contributed by atoms with Gasteiger partial charge in [-0.25, -0.2) is 4.79 Å². The van der Waals surface area contributed by atoms with Gasteiger partial charge in [-0.15, -0.1) is 0 Å². The van der Waals surface area contributed by atoms with Gasteiger partial charge in [0.1, 0.15) is 5.75 Å². The van der Waals surface area contributed by atoms with E-state index < -0.39 is 5.97 Å². The summed E-state index contributed by atoms with van der Waals surface area (Å²) in [6, 6.07) is 7.01. The lowest BCUT2D eigenvalue weighted by molar-refractivity contribution is -0.146. The molecule has 1 unspecified atom stereocenters. The summed E-state index contributed by atoms with van der Waals surface area (Å²) in [5.74, 6) is -0.817. The fraction of sp³-hybridized carbons (Fsp3) is 0.471. The number of nitrogens with one attached hydrogen (secondary N) is 1. The number of ether oxygens (including phenoxy) is 2. The Morgan fingerprint density at radius 1 is 1.35 bits per heavy atom. The van der Waals surface area contributed by atoms with Crippen LogP contribution in [0.25, 0.3) is 0 Å². The number of hydrogen-bond donors (Lipinski definition) is 1. The van der Waals surface area contributed by atoms with Crippen molar-refractivity contribution in [3.8, 4) is 5.75 Å². The van der Waals surface area contributed by atoms with E-state index in [-0.39, 0.29) is 24.3 Å². The average Bonchev–Trinajstić information content (AvgIpc) is 2.53. The third kappa shape index (κ3) is 5.09. The highest BCUT2D eigenvalue weighted by atomic mass is 16.6. The lowest BCUT2D eigenvalue weighted by Gasteiger charge is -2.21. The molecule has 1 aromatic rings. The quantitative estimate of drug-likeness (QED) is 0.472. The maximum absolute atomic E-state index is 11.9. The SMILES string of the molecule is CCCCOC(=O)COc1cccc(C2CCC(=O)NC2=O)c1. The zero-order valence-electron chi connectivity index (χ0n) is 13.2. The van der Waals surface area contributed by atoms with Gasteiger partial charge in [0.15, 0.2) is 6.61 Å². The van der Waals surface area contributed by atoms with Crippen molar-refractivity contribution in [3.63, 3.8) is 0 Å². The van der Waals surface area contributed by atoms with Crippen LogP contribution in [0.15, 0.2) is 24.3 Å². The molecule has 23 heavy (non-hydrogen) atoms. The van der Waals surface area contributed by atoms with Gasteiger partial charge in [0.2, 0.25) is 11.8 Å². The number of imide groups is 1. The van der Waals surface area contributed by atoms with Gasteiger partial charge in [0.25, 0.3) is 0 Å². The molecule has 2 rings (SSSR count). The molecule has 1 aliphatic rings. The minimum absolute atomic E-state index is 0.164. The number of unbranched alkanes of at least 4 members (excludes halogenated alkanes) is 1. The van der Waals surface area contributed by atoms with Gasteiger partial charge in [-0.2, -0.15) is 0 Å². The summed E-state index contributed by atoms with van der Waals surface area (Å²) in [6.07, 6.45) is 2.59. The van der Waals surface area contributed by atoms with Gasteiger partial charge in [0, 0.05) is 6.42 Å². The van der Waals surface area contributed by atoms with E-state index in [9.17, 15) is 14.4 Å². The molecule has 0 saturated carbocycles. The van der Waals surface area contributed by atoms with Crippen molar-refractivity contribution >= 4 is 17.8 Å². The van der Waals surface area contributed by atoms with Crippen molar-refractivity contribution in [2.24, 2.45) is 0 Å². The second kappa shape index (κ2) is 8.31. The van der Waals surface area contributed by atoms with Gasteiger partial charge >= 0.3 is 5.97 Å². The normalized spacial score (nSPS) is 17.5. The second-order valence-electron chi connectivity index (χ2n) is 5.44. The Hall–Kier alpha value is -2.37. The Labute approximate surface area is 135 Å². The summed E-state index contributed by atoms with van der Waals surface area (Å²) >= 11 is 0. The average molecular weight is 319 g/mol. The van der Waals surface area contributed by atoms with E-state index >= 15 is 0 Å². The highest BCUT2D eigenvalue weighted by Gasteiger charge is 2.28. The van der Waals surface area contributed by atoms with Crippen LogP contribution in [0, 0.1) is 0 Å². The van der Waals surface area contributed by atoms with Crippen LogP contribution in [0.5, 0.6) is 5.75 Å². The fourth-order valence-corrected chi connectivity index (χ4v) is 2.35. The number of carbonyl (C=O) groups excluding carboxylic acids is 3. The molecule has 1 atom stereocenters. The summed E-state index contributed by atoms with van der Waals surface area (Å²) in [5.41, 5.74) is 0.770. The monoisotopic (exact) mass is 319 g/mol. The van der Waals surface area contributed by atoms with Gasteiger partial charge < -0.3 is 9.47 Å². The fourth-order valence-electron chi connectivity index (χ4n) is 2.35. The van der Waals surface area contributed by atoms with E-state index in [0.717, 1.165) is 18.4 Å².